The molecule has 4 aliphatic rings. The Hall–Kier alpha value is -2.92. The maximum atomic E-state index is 14.9. The lowest BCUT2D eigenvalue weighted by atomic mass is 9.81. The van der Waals surface area contributed by atoms with Gasteiger partial charge < -0.3 is 9.30 Å². The topological polar surface area (TPSA) is 104 Å². The van der Waals surface area contributed by atoms with Gasteiger partial charge in [-0.25, -0.2) is 13.9 Å². The molecule has 4 atom stereocenters. The van der Waals surface area contributed by atoms with Crippen LogP contribution in [0.1, 0.15) is 85.7 Å². The van der Waals surface area contributed by atoms with Gasteiger partial charge in [0.15, 0.2) is 0 Å². The normalized spacial score (nSPS) is 28.1. The van der Waals surface area contributed by atoms with Crippen LogP contribution in [0.25, 0.3) is 22.2 Å². The molecule has 2 unspecified atom stereocenters. The summed E-state index contributed by atoms with van der Waals surface area (Å²) >= 11 is 0. The summed E-state index contributed by atoms with van der Waals surface area (Å²) in [4.78, 5) is 14.8. The van der Waals surface area contributed by atoms with E-state index in [9.17, 15) is 18.4 Å². The lowest BCUT2D eigenvalue weighted by Gasteiger charge is -2.43. The highest BCUT2D eigenvalue weighted by Crippen LogP contribution is 2.64. The number of sulfonamides is 1. The lowest BCUT2D eigenvalue weighted by Crippen LogP contribution is -2.58. The minimum atomic E-state index is -3.72. The molecule has 10 heteroatoms. The van der Waals surface area contributed by atoms with Crippen molar-refractivity contribution in [3.05, 3.63) is 53.1 Å². The number of nitrogens with zero attached hydrogens (tertiary/aromatic N) is 3. The van der Waals surface area contributed by atoms with E-state index >= 15 is 0 Å². The van der Waals surface area contributed by atoms with E-state index in [2.05, 4.69) is 42.5 Å². The van der Waals surface area contributed by atoms with Crippen molar-refractivity contribution < 1.29 is 23.2 Å². The van der Waals surface area contributed by atoms with Gasteiger partial charge in [-0.3, -0.25) is 14.9 Å². The summed E-state index contributed by atoms with van der Waals surface area (Å²) in [6.07, 6.45) is 6.26. The van der Waals surface area contributed by atoms with Gasteiger partial charge in [-0.05, 0) is 87.5 Å². The van der Waals surface area contributed by atoms with Gasteiger partial charge in [-0.1, -0.05) is 25.3 Å². The molecule has 0 spiro atoms. The maximum absolute atomic E-state index is 14.9. The van der Waals surface area contributed by atoms with E-state index in [0.29, 0.717) is 37.5 Å². The average Bonchev–Trinajstić information content (AvgIpc) is 3.70. The van der Waals surface area contributed by atoms with Gasteiger partial charge in [-0.15, -0.1) is 0 Å². The molecular weight excluding hydrogens is 564 g/mol. The molecule has 2 saturated carbocycles. The number of aromatic nitrogens is 1. The number of piperazine rings is 1. The highest BCUT2D eigenvalue weighted by atomic mass is 32.2. The molecule has 2 aromatic carbocycles. The zero-order valence-electron chi connectivity index (χ0n) is 25.5. The monoisotopic (exact) mass is 606 g/mol. The maximum Gasteiger partial charge on any atom is 0.274 e. The quantitative estimate of drug-likeness (QED) is 0.310. The third-order valence-electron chi connectivity index (χ3n) is 11.0. The molecule has 0 radical (unpaired) electrons. The zero-order chi connectivity index (χ0) is 30.3. The van der Waals surface area contributed by atoms with Crippen LogP contribution in [0.4, 0.5) is 0 Å². The number of hydroxylamine groups is 1. The van der Waals surface area contributed by atoms with E-state index in [1.54, 1.807) is 23.0 Å². The van der Waals surface area contributed by atoms with Crippen LogP contribution < -0.4 is 10.2 Å². The summed E-state index contributed by atoms with van der Waals surface area (Å²) in [6, 6.07) is 11.9. The van der Waals surface area contributed by atoms with E-state index in [-0.39, 0.29) is 18.0 Å². The number of methoxy groups -OCH3 is 1. The minimum absolute atomic E-state index is 0.116. The number of benzene rings is 2. The fraction of sp³-hybridized carbons (Fsp3) is 0.545. The van der Waals surface area contributed by atoms with Crippen molar-refractivity contribution in [1.29, 1.82) is 0 Å². The minimum Gasteiger partial charge on any atom is -0.497 e. The molecule has 0 bridgehead atoms. The highest BCUT2D eigenvalue weighted by molar-refractivity contribution is 7.90. The van der Waals surface area contributed by atoms with Gasteiger partial charge >= 0.3 is 0 Å². The van der Waals surface area contributed by atoms with E-state index in [1.807, 2.05) is 18.2 Å². The first-order chi connectivity index (χ1) is 20.6. The van der Waals surface area contributed by atoms with Crippen molar-refractivity contribution in [2.24, 2.45) is 0 Å². The Labute approximate surface area is 253 Å². The van der Waals surface area contributed by atoms with Crippen molar-refractivity contribution >= 4 is 26.8 Å². The fourth-order valence-electron chi connectivity index (χ4n) is 8.31. The summed E-state index contributed by atoms with van der Waals surface area (Å²) in [5.41, 5.74) is 7.39. The van der Waals surface area contributed by atoms with Crippen LogP contribution in [0.15, 0.2) is 36.4 Å². The first kappa shape index (κ1) is 28.8. The van der Waals surface area contributed by atoms with Crippen LogP contribution in [0.2, 0.25) is 0 Å². The standard InChI is InChI=1S/C33H42N4O5S/c1-20-17-36(18-21(2)35(20)3)43(40,41)33-16-28(33)27-15-24(42-4)11-13-25(27)31-30(22-8-6-5-7-9-22)26-12-10-23(32(38)34-39)14-29(26)37(31)19-33/h10-15,20-22,28,39H,5-9,16-19H2,1-4H3,(H,34,38)/t20-,21+,28?,33?. The van der Waals surface area contributed by atoms with Crippen molar-refractivity contribution in [2.45, 2.75) is 87.6 Å². The summed E-state index contributed by atoms with van der Waals surface area (Å²) in [5.74, 6) is 0.333. The third kappa shape index (κ3) is 4.28. The SMILES string of the molecule is COc1ccc2c(c1)C1CC1(S(=O)(=O)N1C[C@@H](C)N(C)[C@@H](C)C1)Cn1c-2c(C2CCCCC2)c2ccc(C(=O)NO)cc21. The summed E-state index contributed by atoms with van der Waals surface area (Å²) in [6.45, 7) is 5.44. The second-order valence-corrected chi connectivity index (χ2v) is 15.6. The molecule has 1 amide bonds. The molecule has 2 aliphatic carbocycles. The Kier molecular flexibility index (Phi) is 6.92. The van der Waals surface area contributed by atoms with E-state index < -0.39 is 20.7 Å². The number of fused-ring (bicyclic) bond motifs is 7. The Morgan fingerprint density at radius 2 is 1.77 bits per heavy atom. The van der Waals surface area contributed by atoms with Crippen molar-refractivity contribution in [3.8, 4) is 17.0 Å². The molecule has 1 aromatic heterocycles. The molecule has 43 heavy (non-hydrogen) atoms. The fourth-order valence-corrected chi connectivity index (χ4v) is 10.8. The zero-order valence-corrected chi connectivity index (χ0v) is 26.3. The van der Waals surface area contributed by atoms with Gasteiger partial charge in [-0.2, -0.15) is 4.31 Å². The van der Waals surface area contributed by atoms with Gasteiger partial charge in [0, 0.05) is 59.7 Å². The van der Waals surface area contributed by atoms with E-state index in [0.717, 1.165) is 59.2 Å². The molecule has 3 aromatic rings. The van der Waals surface area contributed by atoms with Crippen LogP contribution in [-0.4, -0.2) is 77.4 Å². The number of carbonyl (C=O) groups is 1. The van der Waals surface area contributed by atoms with Gasteiger partial charge in [0.2, 0.25) is 10.0 Å². The van der Waals surface area contributed by atoms with E-state index in [4.69, 9.17) is 4.74 Å². The molecule has 3 heterocycles. The first-order valence-electron chi connectivity index (χ1n) is 15.6. The van der Waals surface area contributed by atoms with Crippen LogP contribution in [0.5, 0.6) is 5.75 Å². The number of hydrogen-bond acceptors (Lipinski definition) is 6. The number of ether oxygens (including phenoxy) is 1. The number of likely N-dealkylation sites (N-methyl/N-ethyl adjacent to an activating group) is 1. The number of carbonyl (C=O) groups excluding carboxylic acids is 1. The Bertz CT molecular complexity index is 1700. The largest absolute Gasteiger partial charge is 0.497 e. The number of rotatable bonds is 5. The predicted molar refractivity (Wildman–Crippen MR) is 166 cm³/mol. The van der Waals surface area contributed by atoms with Crippen molar-refractivity contribution in [2.75, 3.05) is 27.2 Å². The second-order valence-electron chi connectivity index (χ2n) is 13.3. The predicted octanol–water partition coefficient (Wildman–Crippen LogP) is 5.08. The number of nitrogens with one attached hydrogen (secondary N) is 1. The molecule has 7 rings (SSSR count). The van der Waals surface area contributed by atoms with Crippen LogP contribution in [-0.2, 0) is 16.6 Å². The molecule has 230 valence electrons. The van der Waals surface area contributed by atoms with Crippen LogP contribution in [0.3, 0.4) is 0 Å². The number of amides is 1. The van der Waals surface area contributed by atoms with Crippen LogP contribution in [0, 0.1) is 0 Å². The van der Waals surface area contributed by atoms with E-state index in [1.165, 1.54) is 12.0 Å². The molecule has 2 aliphatic heterocycles. The lowest BCUT2D eigenvalue weighted by molar-refractivity contribution is 0.0706. The molecule has 2 N–H and O–H groups in total. The smallest absolute Gasteiger partial charge is 0.274 e. The highest BCUT2D eigenvalue weighted by Gasteiger charge is 2.68. The Balaban J connectivity index is 1.48. The molecule has 3 fully saturated rings. The summed E-state index contributed by atoms with van der Waals surface area (Å²) in [7, 11) is 0.00180. The first-order valence-corrected chi connectivity index (χ1v) is 17.1. The van der Waals surface area contributed by atoms with Crippen molar-refractivity contribution in [3.63, 3.8) is 0 Å². The van der Waals surface area contributed by atoms with Gasteiger partial charge in [0.1, 0.15) is 10.5 Å². The third-order valence-corrected chi connectivity index (χ3v) is 13.6. The van der Waals surface area contributed by atoms with Gasteiger partial charge in [0.05, 0.1) is 12.8 Å². The van der Waals surface area contributed by atoms with Crippen molar-refractivity contribution in [1.82, 2.24) is 19.3 Å². The second kappa shape index (κ2) is 10.3. The van der Waals surface area contributed by atoms with Crippen LogP contribution >= 0.6 is 0 Å². The summed E-state index contributed by atoms with van der Waals surface area (Å²) in [5, 5.41) is 10.5. The Morgan fingerprint density at radius 3 is 2.44 bits per heavy atom. The average molecular weight is 607 g/mol. The summed E-state index contributed by atoms with van der Waals surface area (Å²) < 4.78 is 38.3. The Morgan fingerprint density at radius 1 is 1.05 bits per heavy atom. The van der Waals surface area contributed by atoms with Gasteiger partial charge in [0.25, 0.3) is 5.91 Å². The molecule has 1 saturated heterocycles. The molecule has 9 nitrogen and oxygen atoms in total. The number of hydrogen-bond donors (Lipinski definition) is 2. The molecular formula is C33H42N4O5S.